The molecule has 7 heterocycles. The number of hydrogen-bond acceptors (Lipinski definition) is 14. The predicted molar refractivity (Wildman–Crippen MR) is 150 cm³/mol. The molecule has 3 aliphatic rings. The average molecular weight is 691 g/mol. The third-order valence-electron chi connectivity index (χ3n) is 7.72. The van der Waals surface area contributed by atoms with Gasteiger partial charge < -0.3 is 30.7 Å². The van der Waals surface area contributed by atoms with Gasteiger partial charge in [-0.15, -0.1) is 0 Å². The fraction of sp³-hybridized carbons (Fsp3) is 0.524. The van der Waals surface area contributed by atoms with E-state index in [0.717, 1.165) is 21.8 Å². The van der Waals surface area contributed by atoms with Crippen molar-refractivity contribution in [1.29, 1.82) is 0 Å². The maximum atomic E-state index is 16.0. The lowest BCUT2D eigenvalue weighted by Gasteiger charge is -2.28. The lowest BCUT2D eigenvalue weighted by Crippen LogP contribution is -2.40. The molecule has 4 unspecified atom stereocenters. The van der Waals surface area contributed by atoms with E-state index < -0.39 is 94.8 Å². The van der Waals surface area contributed by atoms with Gasteiger partial charge in [0.1, 0.15) is 18.3 Å². The number of rotatable bonds is 2. The molecule has 46 heavy (non-hydrogen) atoms. The molecule has 21 nitrogen and oxygen atoms in total. The van der Waals surface area contributed by atoms with Crippen molar-refractivity contribution in [3.8, 4) is 0 Å². The molecule has 3 fully saturated rings. The summed E-state index contributed by atoms with van der Waals surface area (Å²) in [7, 11) is -9.61. The topological polar surface area (TPSA) is 303 Å². The number of imidazole rings is 2. The summed E-state index contributed by atoms with van der Waals surface area (Å²) in [6.07, 6.45) is -13.2. The van der Waals surface area contributed by atoms with Crippen LogP contribution in [0.1, 0.15) is 18.9 Å². The number of aromatic amines is 2. The van der Waals surface area contributed by atoms with Gasteiger partial charge >= 0.3 is 15.3 Å². The van der Waals surface area contributed by atoms with E-state index in [1.54, 1.807) is 0 Å². The van der Waals surface area contributed by atoms with Crippen LogP contribution in [-0.4, -0.2) is 98.3 Å². The number of H-pyrrole nitrogens is 2. The van der Waals surface area contributed by atoms with E-state index >= 15 is 8.78 Å². The molecule has 3 aliphatic heterocycles. The minimum atomic E-state index is -4.91. The zero-order chi connectivity index (χ0) is 32.7. The van der Waals surface area contributed by atoms with Crippen molar-refractivity contribution in [2.75, 3.05) is 24.2 Å². The van der Waals surface area contributed by atoms with Crippen molar-refractivity contribution in [2.45, 2.75) is 55.6 Å². The van der Waals surface area contributed by atoms with Crippen LogP contribution in [0.5, 0.6) is 0 Å². The lowest BCUT2D eigenvalue weighted by molar-refractivity contribution is -0.0260. The maximum Gasteiger partial charge on any atom is 0.403 e. The van der Waals surface area contributed by atoms with Gasteiger partial charge in [0.15, 0.2) is 47.1 Å². The van der Waals surface area contributed by atoms with Gasteiger partial charge in [-0.1, -0.05) is 0 Å². The van der Waals surface area contributed by atoms with E-state index in [-0.39, 0.29) is 34.2 Å². The van der Waals surface area contributed by atoms with Crippen molar-refractivity contribution in [1.82, 2.24) is 44.1 Å². The molecule has 0 spiro atoms. The first-order valence-electron chi connectivity index (χ1n) is 13.5. The quantitative estimate of drug-likeness (QED) is 0.123. The van der Waals surface area contributed by atoms with Gasteiger partial charge in [-0.25, -0.2) is 28.4 Å². The summed E-state index contributed by atoms with van der Waals surface area (Å²) >= 11 is 0. The first kappa shape index (κ1) is 31.0. The Kier molecular flexibility index (Phi) is 7.38. The number of aromatic nitrogens is 8. The molecule has 0 amide bonds. The van der Waals surface area contributed by atoms with Gasteiger partial charge in [-0.3, -0.25) is 42.3 Å². The SMILES string of the molecule is Nc1nc2c(ncn2[C@@H]2O[C@@H]3CNP(=O)(O)OC4[C@@H](CCP(=O)(O)O[C@@H]3C2F)O[C@@H](n2cnc3c(=O)[nH]c(N)nc32)[C@H]4F)c(=O)[nH]1. The Morgan fingerprint density at radius 3 is 1.89 bits per heavy atom. The Bertz CT molecular complexity index is 1910. The average Bonchev–Trinajstić information content (AvgIpc) is 3.72. The van der Waals surface area contributed by atoms with Gasteiger partial charge in [0.25, 0.3) is 11.1 Å². The van der Waals surface area contributed by atoms with Gasteiger partial charge in [-0.2, -0.15) is 9.97 Å². The molecule has 0 bridgehead atoms. The molecule has 4 aromatic rings. The smallest absolute Gasteiger partial charge is 0.369 e. The normalized spacial score (nSPS) is 37.1. The van der Waals surface area contributed by atoms with Crippen molar-refractivity contribution < 1.29 is 46.2 Å². The van der Waals surface area contributed by atoms with E-state index in [1.807, 2.05) is 0 Å². The van der Waals surface area contributed by atoms with Crippen molar-refractivity contribution >= 4 is 49.6 Å². The Labute approximate surface area is 253 Å². The number of anilines is 2. The van der Waals surface area contributed by atoms with Crippen LogP contribution < -0.4 is 27.7 Å². The fourth-order valence-corrected chi connectivity index (χ4v) is 8.07. The summed E-state index contributed by atoms with van der Waals surface area (Å²) in [5.41, 5.74) is 9.09. The predicted octanol–water partition coefficient (Wildman–Crippen LogP) is -1.06. The molecule has 0 saturated carbocycles. The molecule has 10 atom stereocenters. The van der Waals surface area contributed by atoms with Crippen LogP contribution in [0.25, 0.3) is 22.3 Å². The minimum Gasteiger partial charge on any atom is -0.369 e. The number of halogens is 2. The molecular weight excluding hydrogens is 666 g/mol. The lowest BCUT2D eigenvalue weighted by atomic mass is 10.1. The Balaban J connectivity index is 1.18. The Morgan fingerprint density at radius 2 is 1.35 bits per heavy atom. The Morgan fingerprint density at radius 1 is 0.848 bits per heavy atom. The highest BCUT2D eigenvalue weighted by Gasteiger charge is 2.54. The van der Waals surface area contributed by atoms with E-state index in [4.69, 9.17) is 30.0 Å². The molecule has 9 N–H and O–H groups in total. The number of nitrogen functional groups attached to an aromatic ring is 2. The van der Waals surface area contributed by atoms with Crippen LogP contribution in [0, 0.1) is 0 Å². The molecule has 7 rings (SSSR count). The maximum absolute atomic E-state index is 16.0. The summed E-state index contributed by atoms with van der Waals surface area (Å²) in [4.78, 5) is 66.0. The van der Waals surface area contributed by atoms with Crippen molar-refractivity contribution in [3.05, 3.63) is 33.4 Å². The first-order chi connectivity index (χ1) is 21.7. The molecule has 3 saturated heterocycles. The molecule has 0 aromatic carbocycles. The number of alkyl halides is 2. The number of hydrogen-bond donors (Lipinski definition) is 7. The summed E-state index contributed by atoms with van der Waals surface area (Å²) in [5, 5.41) is 2.16. The van der Waals surface area contributed by atoms with E-state index in [9.17, 15) is 28.5 Å². The van der Waals surface area contributed by atoms with Crippen LogP contribution in [0.15, 0.2) is 22.2 Å². The largest absolute Gasteiger partial charge is 0.403 e. The van der Waals surface area contributed by atoms with E-state index in [0.29, 0.717) is 0 Å². The number of nitrogens with zero attached hydrogens (tertiary/aromatic N) is 6. The van der Waals surface area contributed by atoms with Crippen LogP contribution in [0.3, 0.4) is 0 Å². The first-order valence-corrected chi connectivity index (χ1v) is 16.9. The summed E-state index contributed by atoms with van der Waals surface area (Å²) < 4.78 is 82.5. The number of fused-ring (bicyclic) bond motifs is 4. The zero-order valence-corrected chi connectivity index (χ0v) is 24.8. The van der Waals surface area contributed by atoms with Gasteiger partial charge in [0.2, 0.25) is 11.9 Å². The molecule has 248 valence electrons. The van der Waals surface area contributed by atoms with Crippen LogP contribution >= 0.6 is 15.3 Å². The highest BCUT2D eigenvalue weighted by molar-refractivity contribution is 7.52. The fourth-order valence-electron chi connectivity index (χ4n) is 5.68. The highest BCUT2D eigenvalue weighted by Crippen LogP contribution is 2.52. The summed E-state index contributed by atoms with van der Waals surface area (Å²) in [6.45, 7) is -0.686. The number of nitrogens with two attached hydrogens (primary N) is 2. The third-order valence-corrected chi connectivity index (χ3v) is 10.2. The third kappa shape index (κ3) is 5.32. The van der Waals surface area contributed by atoms with Crippen molar-refractivity contribution in [3.63, 3.8) is 0 Å². The van der Waals surface area contributed by atoms with E-state index in [2.05, 4.69) is 35.0 Å². The zero-order valence-electron chi connectivity index (χ0n) is 23.0. The Hall–Kier alpha value is -3.66. The molecule has 0 radical (unpaired) electrons. The number of ether oxygens (including phenoxy) is 2. The van der Waals surface area contributed by atoms with Gasteiger partial charge in [-0.05, 0) is 6.42 Å². The molecular formula is C21H25F2N11O10P2. The highest BCUT2D eigenvalue weighted by atomic mass is 31.2. The van der Waals surface area contributed by atoms with E-state index in [1.165, 1.54) is 0 Å². The van der Waals surface area contributed by atoms with Crippen LogP contribution in [0.4, 0.5) is 20.7 Å². The molecule has 25 heteroatoms. The summed E-state index contributed by atoms with van der Waals surface area (Å²) in [6, 6.07) is 0. The second-order valence-corrected chi connectivity index (χ2v) is 14.2. The van der Waals surface area contributed by atoms with Crippen LogP contribution in [-0.2, 0) is 27.7 Å². The van der Waals surface area contributed by atoms with Gasteiger partial charge in [0.05, 0.1) is 24.9 Å². The molecule has 0 aliphatic carbocycles. The van der Waals surface area contributed by atoms with Crippen molar-refractivity contribution in [2.24, 2.45) is 0 Å². The van der Waals surface area contributed by atoms with Gasteiger partial charge in [0, 0.05) is 6.54 Å². The molecule has 4 aromatic heterocycles. The number of nitrogens with one attached hydrogen (secondary N) is 3. The minimum absolute atomic E-state index is 0.158. The summed E-state index contributed by atoms with van der Waals surface area (Å²) in [5.74, 6) is -0.596. The van der Waals surface area contributed by atoms with Crippen LogP contribution in [0.2, 0.25) is 0 Å². The monoisotopic (exact) mass is 691 g/mol. The standard InChI is InChI=1S/C21H25F2N11O10P2/c22-8-12-6(41-18(8)33-4-26-10-14(33)29-20(24)31-16(10)35)1-2-45(37,38)43-13-7(3-28-46(39,40)44-12)42-19(9(13)23)34-5-27-11-15(34)30-21(25)32-17(11)36/h4-9,12-13,18-19H,1-3H2,(H,37,38)(H2,28,39,40)(H3,24,29,31,35)(H3,25,30,32,36)/t6-,7-,8+,9?,12?,13+,18-,19-/m1/s1. The second-order valence-electron chi connectivity index (χ2n) is 10.7. The second kappa shape index (κ2) is 11.0.